The van der Waals surface area contributed by atoms with Gasteiger partial charge in [-0.15, -0.1) is 0 Å². The molecule has 0 amide bonds. The van der Waals surface area contributed by atoms with Gasteiger partial charge in [-0.2, -0.15) is 4.98 Å². The molecule has 1 heterocycles. The molecule has 0 N–H and O–H groups in total. The predicted octanol–water partition coefficient (Wildman–Crippen LogP) is 1.44. The quantitative estimate of drug-likeness (QED) is 0.341. The van der Waals surface area contributed by atoms with Gasteiger partial charge in [-0.1, -0.05) is 11.2 Å². The van der Waals surface area contributed by atoms with Gasteiger partial charge >= 0.3 is 5.97 Å². The molecule has 1 aromatic heterocycles. The number of aromatic nitrogens is 2. The molecule has 0 saturated heterocycles. The fourth-order valence-corrected chi connectivity index (χ4v) is 1.17. The van der Waals surface area contributed by atoms with E-state index in [1.807, 2.05) is 0 Å². The van der Waals surface area contributed by atoms with Crippen LogP contribution in [-0.4, -0.2) is 29.3 Å². The van der Waals surface area contributed by atoms with E-state index in [0.29, 0.717) is 11.1 Å². The lowest BCUT2D eigenvalue weighted by Crippen LogP contribution is -2.06. The standard InChI is InChI=1S/C11H13N3O3/c1-4-8(11(15)16-3)9-6-12-7-13-10(9)17-14-5-2/h4-7H,1-3H3/b8-4+,14-5?. The highest BCUT2D eigenvalue weighted by atomic mass is 16.6. The summed E-state index contributed by atoms with van der Waals surface area (Å²) < 4.78 is 4.66. The molecule has 0 aliphatic heterocycles. The lowest BCUT2D eigenvalue weighted by molar-refractivity contribution is -0.133. The van der Waals surface area contributed by atoms with Crippen molar-refractivity contribution < 1.29 is 14.4 Å². The molecule has 0 atom stereocenters. The van der Waals surface area contributed by atoms with Crippen LogP contribution in [0.15, 0.2) is 23.8 Å². The number of methoxy groups -OCH3 is 1. The van der Waals surface area contributed by atoms with Gasteiger partial charge in [0.25, 0.3) is 5.88 Å². The molecule has 90 valence electrons. The highest BCUT2D eigenvalue weighted by Crippen LogP contribution is 2.23. The average molecular weight is 235 g/mol. The molecule has 0 aliphatic carbocycles. The first-order chi connectivity index (χ1) is 8.24. The Morgan fingerprint density at radius 1 is 1.47 bits per heavy atom. The monoisotopic (exact) mass is 235 g/mol. The Morgan fingerprint density at radius 2 is 2.24 bits per heavy atom. The smallest absolute Gasteiger partial charge is 0.338 e. The van der Waals surface area contributed by atoms with Crippen LogP contribution >= 0.6 is 0 Å². The minimum absolute atomic E-state index is 0.205. The first-order valence-electron chi connectivity index (χ1n) is 4.94. The summed E-state index contributed by atoms with van der Waals surface area (Å²) in [4.78, 5) is 24.3. The van der Waals surface area contributed by atoms with Gasteiger partial charge in [0.2, 0.25) is 0 Å². The minimum Gasteiger partial charge on any atom is -0.465 e. The van der Waals surface area contributed by atoms with Crippen LogP contribution in [0, 0.1) is 0 Å². The van der Waals surface area contributed by atoms with Gasteiger partial charge in [0.15, 0.2) is 0 Å². The molecule has 0 saturated carbocycles. The molecule has 0 radical (unpaired) electrons. The maximum absolute atomic E-state index is 11.5. The van der Waals surface area contributed by atoms with E-state index in [0.717, 1.165) is 0 Å². The SMILES string of the molecule is CC=NOc1ncncc1/C(=C\C)C(=O)OC. The summed E-state index contributed by atoms with van der Waals surface area (Å²) in [6, 6.07) is 0. The number of nitrogens with zero attached hydrogens (tertiary/aromatic N) is 3. The van der Waals surface area contributed by atoms with Crippen molar-refractivity contribution in [1.82, 2.24) is 9.97 Å². The fourth-order valence-electron chi connectivity index (χ4n) is 1.17. The number of hydrogen-bond donors (Lipinski definition) is 0. The van der Waals surface area contributed by atoms with Gasteiger partial charge in [0.1, 0.15) is 6.33 Å². The van der Waals surface area contributed by atoms with Gasteiger partial charge in [0.05, 0.1) is 18.2 Å². The van der Waals surface area contributed by atoms with E-state index in [-0.39, 0.29) is 5.88 Å². The van der Waals surface area contributed by atoms with Crippen molar-refractivity contribution in [1.29, 1.82) is 0 Å². The van der Waals surface area contributed by atoms with Crippen molar-refractivity contribution in [2.24, 2.45) is 5.16 Å². The number of carbonyl (C=O) groups is 1. The number of oxime groups is 1. The van der Waals surface area contributed by atoms with Crippen LogP contribution in [0.5, 0.6) is 5.88 Å². The van der Waals surface area contributed by atoms with Crippen molar-refractivity contribution in [3.63, 3.8) is 0 Å². The van der Waals surface area contributed by atoms with E-state index >= 15 is 0 Å². The molecule has 0 fully saturated rings. The normalized spacial score (nSPS) is 11.6. The third-order valence-electron chi connectivity index (χ3n) is 1.90. The zero-order valence-corrected chi connectivity index (χ0v) is 9.88. The van der Waals surface area contributed by atoms with Crippen LogP contribution < -0.4 is 4.84 Å². The predicted molar refractivity (Wildman–Crippen MR) is 62.5 cm³/mol. The Hall–Kier alpha value is -2.24. The highest BCUT2D eigenvalue weighted by Gasteiger charge is 2.17. The summed E-state index contributed by atoms with van der Waals surface area (Å²) in [7, 11) is 1.31. The van der Waals surface area contributed by atoms with Crippen molar-refractivity contribution in [3.8, 4) is 5.88 Å². The summed E-state index contributed by atoms with van der Waals surface area (Å²) in [6.45, 7) is 3.42. The van der Waals surface area contributed by atoms with Gasteiger partial charge in [-0.3, -0.25) is 0 Å². The number of esters is 1. The van der Waals surface area contributed by atoms with E-state index in [2.05, 4.69) is 19.9 Å². The Labute approximate surface area is 99.0 Å². The zero-order valence-electron chi connectivity index (χ0n) is 9.88. The molecule has 17 heavy (non-hydrogen) atoms. The summed E-state index contributed by atoms with van der Waals surface area (Å²) in [5.41, 5.74) is 0.766. The van der Waals surface area contributed by atoms with E-state index in [9.17, 15) is 4.79 Å². The number of carbonyl (C=O) groups excluding carboxylic acids is 1. The van der Waals surface area contributed by atoms with Crippen LogP contribution in [0.2, 0.25) is 0 Å². The Morgan fingerprint density at radius 3 is 2.82 bits per heavy atom. The molecule has 1 aromatic rings. The summed E-state index contributed by atoms with van der Waals surface area (Å²) in [6.07, 6.45) is 5.86. The fraction of sp³-hybridized carbons (Fsp3) is 0.273. The molecule has 0 bridgehead atoms. The Bertz CT molecular complexity index is 455. The second-order valence-electron chi connectivity index (χ2n) is 2.89. The van der Waals surface area contributed by atoms with Gasteiger partial charge in [-0.25, -0.2) is 9.78 Å². The molecule has 0 unspecified atom stereocenters. The first-order valence-corrected chi connectivity index (χ1v) is 4.94. The Balaban J connectivity index is 3.15. The van der Waals surface area contributed by atoms with Gasteiger partial charge in [-0.05, 0) is 13.8 Å². The molecule has 0 aliphatic rings. The minimum atomic E-state index is -0.479. The molecule has 0 spiro atoms. The first kappa shape index (κ1) is 12.8. The van der Waals surface area contributed by atoms with E-state index in [4.69, 9.17) is 4.84 Å². The number of rotatable bonds is 4. The highest BCUT2D eigenvalue weighted by molar-refractivity contribution is 6.16. The summed E-state index contributed by atoms with van der Waals surface area (Å²) in [5.74, 6) is -0.274. The molecule has 0 aromatic carbocycles. The maximum atomic E-state index is 11.5. The lowest BCUT2D eigenvalue weighted by Gasteiger charge is -2.07. The molecule has 1 rings (SSSR count). The largest absolute Gasteiger partial charge is 0.465 e. The molecule has 6 heteroatoms. The number of hydrogen-bond acceptors (Lipinski definition) is 6. The number of ether oxygens (including phenoxy) is 1. The van der Waals surface area contributed by atoms with E-state index in [1.165, 1.54) is 25.8 Å². The van der Waals surface area contributed by atoms with Crippen LogP contribution in [0.1, 0.15) is 19.4 Å². The Kier molecular flexibility index (Phi) is 4.80. The van der Waals surface area contributed by atoms with Gasteiger partial charge in [0, 0.05) is 12.4 Å². The van der Waals surface area contributed by atoms with Crippen LogP contribution in [0.25, 0.3) is 5.57 Å². The van der Waals surface area contributed by atoms with Crippen molar-refractivity contribution in [3.05, 3.63) is 24.2 Å². The molecular formula is C11H13N3O3. The number of allylic oxidation sites excluding steroid dienone is 1. The molecular weight excluding hydrogens is 222 g/mol. The van der Waals surface area contributed by atoms with Crippen molar-refractivity contribution in [2.75, 3.05) is 7.11 Å². The second-order valence-corrected chi connectivity index (χ2v) is 2.89. The van der Waals surface area contributed by atoms with Crippen LogP contribution in [-0.2, 0) is 9.53 Å². The van der Waals surface area contributed by atoms with Crippen LogP contribution in [0.3, 0.4) is 0 Å². The summed E-state index contributed by atoms with van der Waals surface area (Å²) >= 11 is 0. The average Bonchev–Trinajstić information content (AvgIpc) is 2.38. The lowest BCUT2D eigenvalue weighted by atomic mass is 10.1. The molecule has 6 nitrogen and oxygen atoms in total. The zero-order chi connectivity index (χ0) is 12.7. The van der Waals surface area contributed by atoms with Crippen LogP contribution in [0.4, 0.5) is 0 Å². The van der Waals surface area contributed by atoms with E-state index < -0.39 is 5.97 Å². The third-order valence-corrected chi connectivity index (χ3v) is 1.90. The maximum Gasteiger partial charge on any atom is 0.338 e. The third kappa shape index (κ3) is 3.10. The second kappa shape index (κ2) is 6.37. The van der Waals surface area contributed by atoms with Gasteiger partial charge < -0.3 is 9.57 Å². The van der Waals surface area contributed by atoms with Crippen molar-refractivity contribution in [2.45, 2.75) is 13.8 Å². The summed E-state index contributed by atoms with van der Waals surface area (Å²) in [5, 5.41) is 3.61. The van der Waals surface area contributed by atoms with E-state index in [1.54, 1.807) is 19.9 Å². The topological polar surface area (TPSA) is 73.7 Å². The van der Waals surface area contributed by atoms with Crippen molar-refractivity contribution >= 4 is 17.8 Å².